The summed E-state index contributed by atoms with van der Waals surface area (Å²) in [6.45, 7) is 2.84. The fraction of sp³-hybridized carbons (Fsp3) is 0.500. The molecule has 0 saturated carbocycles. The predicted molar refractivity (Wildman–Crippen MR) is 77.5 cm³/mol. The van der Waals surface area contributed by atoms with Crippen LogP contribution in [0.5, 0.6) is 0 Å². The first-order valence-electron chi connectivity index (χ1n) is 7.60. The average Bonchev–Trinajstić information content (AvgIpc) is 3.06. The van der Waals surface area contributed by atoms with E-state index in [0.717, 1.165) is 25.9 Å². The van der Waals surface area contributed by atoms with E-state index in [-0.39, 0.29) is 23.9 Å². The van der Waals surface area contributed by atoms with E-state index in [0.29, 0.717) is 13.1 Å². The molecule has 0 aliphatic carbocycles. The number of piperazine rings is 1. The van der Waals surface area contributed by atoms with Gasteiger partial charge in [0.2, 0.25) is 11.8 Å². The molecule has 5 nitrogen and oxygen atoms in total. The van der Waals surface area contributed by atoms with Crippen molar-refractivity contribution in [3.63, 3.8) is 0 Å². The third kappa shape index (κ3) is 2.21. The van der Waals surface area contributed by atoms with Gasteiger partial charge in [-0.2, -0.15) is 0 Å². The molecule has 2 atom stereocenters. The second-order valence-electron chi connectivity index (χ2n) is 6.23. The number of fused-ring (bicyclic) bond motifs is 3. The molecule has 2 bridgehead atoms. The maximum atomic E-state index is 12.5. The van der Waals surface area contributed by atoms with Crippen LogP contribution < -0.4 is 5.32 Å². The van der Waals surface area contributed by atoms with E-state index < -0.39 is 0 Å². The molecule has 2 fully saturated rings. The van der Waals surface area contributed by atoms with Crippen LogP contribution in [0.2, 0.25) is 0 Å². The van der Waals surface area contributed by atoms with Gasteiger partial charge in [-0.05, 0) is 24.0 Å². The minimum atomic E-state index is -0.223. The van der Waals surface area contributed by atoms with Crippen LogP contribution in [0, 0.1) is 0 Å². The molecule has 0 aromatic heterocycles. The van der Waals surface area contributed by atoms with E-state index in [9.17, 15) is 9.59 Å². The van der Waals surface area contributed by atoms with E-state index >= 15 is 0 Å². The van der Waals surface area contributed by atoms with Crippen LogP contribution in [0.1, 0.15) is 17.5 Å². The number of carbonyl (C=O) groups excluding carboxylic acids is 2. The molecule has 2 amide bonds. The molecule has 21 heavy (non-hydrogen) atoms. The lowest BCUT2D eigenvalue weighted by atomic mass is 10.00. The summed E-state index contributed by atoms with van der Waals surface area (Å²) in [5, 5.41) is 2.91. The van der Waals surface area contributed by atoms with Crippen LogP contribution in [0.25, 0.3) is 0 Å². The third-order valence-corrected chi connectivity index (χ3v) is 4.84. The fourth-order valence-electron chi connectivity index (χ4n) is 3.73. The molecule has 3 aliphatic heterocycles. The maximum Gasteiger partial charge on any atom is 0.243 e. The highest BCUT2D eigenvalue weighted by atomic mass is 16.2. The zero-order valence-corrected chi connectivity index (χ0v) is 11.9. The average molecular weight is 285 g/mol. The zero-order chi connectivity index (χ0) is 14.4. The summed E-state index contributed by atoms with van der Waals surface area (Å²) in [6, 6.07) is 8.37. The van der Waals surface area contributed by atoms with Gasteiger partial charge in [-0.1, -0.05) is 24.3 Å². The summed E-state index contributed by atoms with van der Waals surface area (Å²) in [6.07, 6.45) is 1.78. The summed E-state index contributed by atoms with van der Waals surface area (Å²) in [4.78, 5) is 28.1. The highest BCUT2D eigenvalue weighted by Crippen LogP contribution is 2.25. The standard InChI is InChI=1S/C16H19N3O2/c20-15(19-9-13-7-14(19)16(21)17-13)10-18-6-5-11-3-1-2-4-12(11)8-18/h1-4,13-14H,5-10H2,(H,17,21)/t13-,14-/m0/s1. The number of benzene rings is 1. The number of hydrogen-bond acceptors (Lipinski definition) is 3. The van der Waals surface area contributed by atoms with Gasteiger partial charge in [-0.3, -0.25) is 14.5 Å². The summed E-state index contributed by atoms with van der Waals surface area (Å²) >= 11 is 0. The van der Waals surface area contributed by atoms with Crippen molar-refractivity contribution in [2.24, 2.45) is 0 Å². The number of likely N-dealkylation sites (tertiary alicyclic amines) is 1. The van der Waals surface area contributed by atoms with E-state index in [1.165, 1.54) is 11.1 Å². The molecule has 3 heterocycles. The molecule has 0 spiro atoms. The van der Waals surface area contributed by atoms with Gasteiger partial charge in [0.05, 0.1) is 6.54 Å². The van der Waals surface area contributed by atoms with Crippen molar-refractivity contribution in [2.45, 2.75) is 31.5 Å². The van der Waals surface area contributed by atoms with E-state index in [4.69, 9.17) is 0 Å². The highest BCUT2D eigenvalue weighted by molar-refractivity contribution is 5.91. The normalized spacial score (nSPS) is 27.6. The zero-order valence-electron chi connectivity index (χ0n) is 11.9. The first-order chi connectivity index (χ1) is 10.2. The van der Waals surface area contributed by atoms with Crippen LogP contribution in [0.15, 0.2) is 24.3 Å². The van der Waals surface area contributed by atoms with E-state index in [1.807, 2.05) is 6.07 Å². The minimum absolute atomic E-state index is 0.0172. The topological polar surface area (TPSA) is 52.7 Å². The first-order valence-corrected chi connectivity index (χ1v) is 7.60. The second-order valence-corrected chi connectivity index (χ2v) is 6.23. The Morgan fingerprint density at radius 2 is 2.10 bits per heavy atom. The van der Waals surface area contributed by atoms with Crippen molar-refractivity contribution in [3.05, 3.63) is 35.4 Å². The lowest BCUT2D eigenvalue weighted by Gasteiger charge is -2.32. The Morgan fingerprint density at radius 1 is 1.29 bits per heavy atom. The monoisotopic (exact) mass is 285 g/mol. The van der Waals surface area contributed by atoms with E-state index in [2.05, 4.69) is 28.4 Å². The number of hydrogen-bond donors (Lipinski definition) is 1. The number of amides is 2. The Morgan fingerprint density at radius 3 is 2.86 bits per heavy atom. The van der Waals surface area contributed by atoms with Gasteiger partial charge in [-0.15, -0.1) is 0 Å². The van der Waals surface area contributed by atoms with Crippen LogP contribution in [-0.2, 0) is 22.6 Å². The van der Waals surface area contributed by atoms with Gasteiger partial charge in [-0.25, -0.2) is 0 Å². The summed E-state index contributed by atoms with van der Waals surface area (Å²) in [7, 11) is 0. The lowest BCUT2D eigenvalue weighted by molar-refractivity contribution is -0.140. The molecular formula is C16H19N3O2. The van der Waals surface area contributed by atoms with Crippen molar-refractivity contribution in [3.8, 4) is 0 Å². The SMILES string of the molecule is O=C1N[C@H]2C[C@@H]1N(C(=O)CN1CCc3ccccc3C1)C2. The highest BCUT2D eigenvalue weighted by Gasteiger charge is 2.46. The molecule has 4 rings (SSSR count). The summed E-state index contributed by atoms with van der Waals surface area (Å²) < 4.78 is 0. The number of carbonyl (C=O) groups is 2. The molecular weight excluding hydrogens is 266 g/mol. The van der Waals surface area contributed by atoms with Gasteiger partial charge in [0, 0.05) is 25.7 Å². The Hall–Kier alpha value is -1.88. The molecule has 110 valence electrons. The van der Waals surface area contributed by atoms with Crippen molar-refractivity contribution in [1.29, 1.82) is 0 Å². The maximum absolute atomic E-state index is 12.5. The van der Waals surface area contributed by atoms with Gasteiger partial charge in [0.1, 0.15) is 6.04 Å². The fourth-order valence-corrected chi connectivity index (χ4v) is 3.73. The van der Waals surface area contributed by atoms with Gasteiger partial charge in [0.25, 0.3) is 0 Å². The molecule has 0 unspecified atom stereocenters. The smallest absolute Gasteiger partial charge is 0.243 e. The largest absolute Gasteiger partial charge is 0.350 e. The molecule has 3 aliphatic rings. The number of rotatable bonds is 2. The van der Waals surface area contributed by atoms with E-state index in [1.54, 1.807) is 4.90 Å². The number of nitrogens with zero attached hydrogens (tertiary/aromatic N) is 2. The minimum Gasteiger partial charge on any atom is -0.350 e. The molecule has 1 aromatic rings. The molecule has 2 saturated heterocycles. The Kier molecular flexibility index (Phi) is 2.96. The van der Waals surface area contributed by atoms with Crippen LogP contribution in [0.4, 0.5) is 0 Å². The van der Waals surface area contributed by atoms with Crippen LogP contribution >= 0.6 is 0 Å². The first kappa shape index (κ1) is 12.8. The summed E-state index contributed by atoms with van der Waals surface area (Å²) in [5.41, 5.74) is 2.71. The molecule has 5 heteroatoms. The van der Waals surface area contributed by atoms with Crippen molar-refractivity contribution in [1.82, 2.24) is 15.1 Å². The second kappa shape index (κ2) is 4.84. The molecule has 0 radical (unpaired) electrons. The molecule has 1 aromatic carbocycles. The lowest BCUT2D eigenvalue weighted by Crippen LogP contribution is -2.52. The van der Waals surface area contributed by atoms with Crippen LogP contribution in [0.3, 0.4) is 0 Å². The predicted octanol–water partition coefficient (Wildman–Crippen LogP) is 0.144. The Balaban J connectivity index is 1.41. The van der Waals surface area contributed by atoms with Crippen LogP contribution in [-0.4, -0.2) is 53.3 Å². The molecule has 1 N–H and O–H groups in total. The van der Waals surface area contributed by atoms with Gasteiger partial charge < -0.3 is 10.2 Å². The van der Waals surface area contributed by atoms with Crippen molar-refractivity contribution >= 4 is 11.8 Å². The Labute approximate surface area is 123 Å². The summed E-state index contributed by atoms with van der Waals surface area (Å²) in [5.74, 6) is 0.111. The third-order valence-electron chi connectivity index (χ3n) is 4.84. The van der Waals surface area contributed by atoms with Gasteiger partial charge in [0.15, 0.2) is 0 Å². The quantitative estimate of drug-likeness (QED) is 0.841. The number of nitrogens with one attached hydrogen (secondary N) is 1. The van der Waals surface area contributed by atoms with Gasteiger partial charge >= 0.3 is 0 Å². The van der Waals surface area contributed by atoms with Crippen molar-refractivity contribution < 1.29 is 9.59 Å². The Bertz CT molecular complexity index is 601. The van der Waals surface area contributed by atoms with Crippen molar-refractivity contribution in [2.75, 3.05) is 19.6 Å².